The highest BCUT2D eigenvalue weighted by molar-refractivity contribution is 5.61. The van der Waals surface area contributed by atoms with E-state index in [1.165, 1.54) is 0 Å². The van der Waals surface area contributed by atoms with Gasteiger partial charge in [0.1, 0.15) is 5.75 Å². The number of hydrogen-bond donors (Lipinski definition) is 0. The third-order valence-electron chi connectivity index (χ3n) is 2.89. The molecule has 2 heterocycles. The second kappa shape index (κ2) is 4.42. The van der Waals surface area contributed by atoms with Gasteiger partial charge in [0.15, 0.2) is 11.5 Å². The Kier molecular flexibility index (Phi) is 2.62. The monoisotopic (exact) mass is 250 g/mol. The topological polar surface area (TPSA) is 63.2 Å². The van der Waals surface area contributed by atoms with Crippen molar-refractivity contribution in [3.63, 3.8) is 0 Å². The van der Waals surface area contributed by atoms with Gasteiger partial charge in [-0.3, -0.25) is 4.40 Å². The lowest BCUT2D eigenvalue weighted by Gasteiger charge is -2.02. The highest BCUT2D eigenvalue weighted by Crippen LogP contribution is 2.21. The van der Waals surface area contributed by atoms with Crippen LogP contribution in [0.15, 0.2) is 42.6 Å². The molecule has 0 aliphatic heterocycles. The maximum atomic E-state index is 8.86. The van der Waals surface area contributed by atoms with Crippen molar-refractivity contribution in [2.24, 2.45) is 0 Å². The van der Waals surface area contributed by atoms with E-state index in [-0.39, 0.29) is 0 Å². The molecule has 2 aromatic heterocycles. The number of rotatable bonds is 2. The number of nitrogens with zero attached hydrogens (tertiary/aromatic N) is 4. The third kappa shape index (κ3) is 1.89. The summed E-state index contributed by atoms with van der Waals surface area (Å²) in [5, 5.41) is 17.1. The molecule has 5 heteroatoms. The van der Waals surface area contributed by atoms with Crippen molar-refractivity contribution in [3.05, 3.63) is 48.2 Å². The molecule has 0 radical (unpaired) electrons. The zero-order valence-corrected chi connectivity index (χ0v) is 10.2. The fourth-order valence-corrected chi connectivity index (χ4v) is 1.90. The number of methoxy groups -OCH3 is 1. The first-order valence-corrected chi connectivity index (χ1v) is 5.71. The fraction of sp³-hybridized carbons (Fsp3) is 0.0714. The van der Waals surface area contributed by atoms with Crippen molar-refractivity contribution in [1.82, 2.24) is 14.6 Å². The van der Waals surface area contributed by atoms with Crippen LogP contribution in [-0.2, 0) is 0 Å². The average Bonchev–Trinajstić information content (AvgIpc) is 2.90. The minimum atomic E-state index is 0.571. The summed E-state index contributed by atoms with van der Waals surface area (Å²) in [6.45, 7) is 0. The molecule has 0 fully saturated rings. The maximum Gasteiger partial charge on any atom is 0.168 e. The Morgan fingerprint density at radius 1 is 1.16 bits per heavy atom. The molecule has 92 valence electrons. The van der Waals surface area contributed by atoms with Crippen LogP contribution < -0.4 is 4.74 Å². The summed E-state index contributed by atoms with van der Waals surface area (Å²) in [5.41, 5.74) is 2.17. The lowest BCUT2D eigenvalue weighted by molar-refractivity contribution is 0.415. The quantitative estimate of drug-likeness (QED) is 0.700. The van der Waals surface area contributed by atoms with Crippen LogP contribution >= 0.6 is 0 Å². The molecular formula is C14H10N4O. The number of pyridine rings is 1. The first kappa shape index (κ1) is 11.2. The van der Waals surface area contributed by atoms with Gasteiger partial charge in [0.25, 0.3) is 0 Å². The molecule has 3 aromatic rings. The summed E-state index contributed by atoms with van der Waals surface area (Å²) in [4.78, 5) is 0. The zero-order chi connectivity index (χ0) is 13.2. The standard InChI is InChI=1S/C14H10N4O/c1-19-12-4-2-11(3-5-12)14-17-16-13-8-10(9-15)6-7-18(13)14/h2-8H,1H3. The number of fused-ring (bicyclic) bond motifs is 1. The van der Waals surface area contributed by atoms with E-state index in [1.807, 2.05) is 28.7 Å². The number of nitriles is 1. The van der Waals surface area contributed by atoms with Crippen molar-refractivity contribution >= 4 is 5.65 Å². The van der Waals surface area contributed by atoms with Crippen molar-refractivity contribution < 1.29 is 4.74 Å². The molecule has 0 aliphatic rings. The Hall–Kier alpha value is -2.87. The molecule has 0 atom stereocenters. The van der Waals surface area contributed by atoms with Gasteiger partial charge in [-0.25, -0.2) is 0 Å². The van der Waals surface area contributed by atoms with Crippen LogP contribution in [0.4, 0.5) is 0 Å². The highest BCUT2D eigenvalue weighted by Gasteiger charge is 2.08. The SMILES string of the molecule is COc1ccc(-c2nnc3cc(C#N)ccn23)cc1. The highest BCUT2D eigenvalue weighted by atomic mass is 16.5. The molecule has 0 unspecified atom stereocenters. The molecule has 0 aliphatic carbocycles. The number of aromatic nitrogens is 3. The second-order valence-corrected chi connectivity index (χ2v) is 4.01. The van der Waals surface area contributed by atoms with Gasteiger partial charge in [-0.15, -0.1) is 10.2 Å². The molecule has 0 saturated heterocycles. The normalized spacial score (nSPS) is 10.3. The first-order chi connectivity index (χ1) is 9.31. The van der Waals surface area contributed by atoms with E-state index in [0.717, 1.165) is 17.1 Å². The first-order valence-electron chi connectivity index (χ1n) is 5.71. The lowest BCUT2D eigenvalue weighted by atomic mass is 10.2. The van der Waals surface area contributed by atoms with Gasteiger partial charge >= 0.3 is 0 Å². The van der Waals surface area contributed by atoms with Gasteiger partial charge in [-0.2, -0.15) is 5.26 Å². The second-order valence-electron chi connectivity index (χ2n) is 4.01. The zero-order valence-electron chi connectivity index (χ0n) is 10.2. The number of benzene rings is 1. The third-order valence-corrected chi connectivity index (χ3v) is 2.89. The Morgan fingerprint density at radius 3 is 2.63 bits per heavy atom. The van der Waals surface area contributed by atoms with E-state index in [2.05, 4.69) is 16.3 Å². The van der Waals surface area contributed by atoms with Crippen LogP contribution in [0.1, 0.15) is 5.56 Å². The van der Waals surface area contributed by atoms with Crippen LogP contribution in [0.2, 0.25) is 0 Å². The van der Waals surface area contributed by atoms with Gasteiger partial charge in [-0.1, -0.05) is 0 Å². The molecule has 0 spiro atoms. The van der Waals surface area contributed by atoms with Gasteiger partial charge in [0.2, 0.25) is 0 Å². The molecular weight excluding hydrogens is 240 g/mol. The van der Waals surface area contributed by atoms with E-state index in [9.17, 15) is 0 Å². The Labute approximate surface area is 109 Å². The largest absolute Gasteiger partial charge is 0.497 e. The van der Waals surface area contributed by atoms with Crippen molar-refractivity contribution in [2.75, 3.05) is 7.11 Å². The summed E-state index contributed by atoms with van der Waals surface area (Å²) >= 11 is 0. The molecule has 0 N–H and O–H groups in total. The Morgan fingerprint density at radius 2 is 1.95 bits per heavy atom. The average molecular weight is 250 g/mol. The molecule has 0 amide bonds. The van der Waals surface area contributed by atoms with Gasteiger partial charge < -0.3 is 4.74 Å². The van der Waals surface area contributed by atoms with Crippen molar-refractivity contribution in [1.29, 1.82) is 5.26 Å². The maximum absolute atomic E-state index is 8.86. The number of ether oxygens (including phenoxy) is 1. The summed E-state index contributed by atoms with van der Waals surface area (Å²) in [6.07, 6.45) is 1.80. The molecule has 0 saturated carbocycles. The van der Waals surface area contributed by atoms with Crippen molar-refractivity contribution in [2.45, 2.75) is 0 Å². The van der Waals surface area contributed by atoms with Gasteiger partial charge in [0.05, 0.1) is 18.7 Å². The van der Waals surface area contributed by atoms with Gasteiger partial charge in [-0.05, 0) is 30.3 Å². The van der Waals surface area contributed by atoms with Crippen LogP contribution in [0.25, 0.3) is 17.0 Å². The summed E-state index contributed by atoms with van der Waals surface area (Å²) in [7, 11) is 1.63. The van der Waals surface area contributed by atoms with Crippen molar-refractivity contribution in [3.8, 4) is 23.2 Å². The van der Waals surface area contributed by atoms with E-state index >= 15 is 0 Å². The molecule has 5 nitrogen and oxygen atoms in total. The molecule has 19 heavy (non-hydrogen) atoms. The van der Waals surface area contributed by atoms with E-state index in [0.29, 0.717) is 11.2 Å². The lowest BCUT2D eigenvalue weighted by Crippen LogP contribution is -1.90. The van der Waals surface area contributed by atoms with Crippen LogP contribution in [0, 0.1) is 11.3 Å². The van der Waals surface area contributed by atoms with Crippen LogP contribution in [0.3, 0.4) is 0 Å². The summed E-state index contributed by atoms with van der Waals surface area (Å²) in [6, 6.07) is 13.1. The summed E-state index contributed by atoms with van der Waals surface area (Å²) < 4.78 is 6.98. The van der Waals surface area contributed by atoms with Crippen LogP contribution in [0.5, 0.6) is 5.75 Å². The Bertz CT molecular complexity index is 768. The fourth-order valence-electron chi connectivity index (χ4n) is 1.90. The smallest absolute Gasteiger partial charge is 0.168 e. The van der Waals surface area contributed by atoms with Gasteiger partial charge in [0, 0.05) is 17.8 Å². The van der Waals surface area contributed by atoms with E-state index in [4.69, 9.17) is 10.00 Å². The van der Waals surface area contributed by atoms with E-state index < -0.39 is 0 Å². The predicted molar refractivity (Wildman–Crippen MR) is 69.7 cm³/mol. The van der Waals surface area contributed by atoms with Crippen LogP contribution in [-0.4, -0.2) is 21.7 Å². The minimum absolute atomic E-state index is 0.571. The number of hydrogen-bond acceptors (Lipinski definition) is 4. The molecule has 0 bridgehead atoms. The Balaban J connectivity index is 2.12. The van der Waals surface area contributed by atoms with E-state index in [1.54, 1.807) is 25.4 Å². The minimum Gasteiger partial charge on any atom is -0.497 e. The molecule has 1 aromatic carbocycles. The summed E-state index contributed by atoms with van der Waals surface area (Å²) in [5.74, 6) is 1.53. The molecule has 3 rings (SSSR count). The predicted octanol–water partition coefficient (Wildman–Crippen LogP) is 2.28.